The molecule has 0 saturated heterocycles. The van der Waals surface area contributed by atoms with Crippen molar-refractivity contribution in [2.45, 2.75) is 6.92 Å². The molecule has 0 aromatic rings. The minimum atomic E-state index is -0.567. The third-order valence-electron chi connectivity index (χ3n) is 0.863. The van der Waals surface area contributed by atoms with Gasteiger partial charge in [-0.25, -0.2) is 9.59 Å². The first-order valence-electron chi connectivity index (χ1n) is 3.07. The Morgan fingerprint density at radius 2 is 2.09 bits per heavy atom. The van der Waals surface area contributed by atoms with Crippen LogP contribution in [-0.4, -0.2) is 25.7 Å². The third-order valence-corrected chi connectivity index (χ3v) is 0.863. The average Bonchev–Trinajstić information content (AvgIpc) is 2.01. The first kappa shape index (κ1) is 9.68. The summed E-state index contributed by atoms with van der Waals surface area (Å²) < 4.78 is 8.67. The average molecular weight is 158 g/mol. The minimum Gasteiger partial charge on any atom is -0.466 e. The number of carbonyl (C=O) groups excluding carboxylic acids is 2. The lowest BCUT2D eigenvalue weighted by molar-refractivity contribution is -0.154. The summed E-state index contributed by atoms with van der Waals surface area (Å²) in [5.41, 5.74) is 0. The molecule has 11 heavy (non-hydrogen) atoms. The number of carbonyl (C=O) groups is 2. The van der Waals surface area contributed by atoms with E-state index in [1.165, 1.54) is 19.3 Å². The summed E-state index contributed by atoms with van der Waals surface area (Å²) in [4.78, 5) is 20.9. The Morgan fingerprint density at radius 3 is 2.55 bits per heavy atom. The van der Waals surface area contributed by atoms with Crippen molar-refractivity contribution < 1.29 is 19.1 Å². The second kappa shape index (κ2) is 5.46. The van der Waals surface area contributed by atoms with Gasteiger partial charge in [-0.2, -0.15) is 0 Å². The van der Waals surface area contributed by atoms with Crippen LogP contribution >= 0.6 is 0 Å². The molecule has 0 heterocycles. The van der Waals surface area contributed by atoms with E-state index in [1.807, 2.05) is 0 Å². The fourth-order valence-electron chi connectivity index (χ4n) is 0.373. The Bertz CT molecular complexity index is 171. The summed E-state index contributed by atoms with van der Waals surface area (Å²) in [6, 6.07) is 0. The molecule has 0 spiro atoms. The summed E-state index contributed by atoms with van der Waals surface area (Å²) >= 11 is 0. The van der Waals surface area contributed by atoms with Crippen LogP contribution in [0, 0.1) is 0 Å². The van der Waals surface area contributed by atoms with Gasteiger partial charge in [0.25, 0.3) is 0 Å². The zero-order valence-electron chi connectivity index (χ0n) is 6.49. The summed E-state index contributed by atoms with van der Waals surface area (Å²) in [5, 5.41) is 0. The van der Waals surface area contributed by atoms with Crippen molar-refractivity contribution in [3.63, 3.8) is 0 Å². The van der Waals surface area contributed by atoms with E-state index in [2.05, 4.69) is 9.47 Å². The minimum absolute atomic E-state index is 0.334. The van der Waals surface area contributed by atoms with Gasteiger partial charge in [0, 0.05) is 6.08 Å². The maximum absolute atomic E-state index is 10.5. The number of hydrogen-bond acceptors (Lipinski definition) is 4. The predicted octanol–water partition coefficient (Wildman–Crippen LogP) is 0.279. The maximum Gasteiger partial charge on any atom is 0.344 e. The molecular weight excluding hydrogens is 148 g/mol. The first-order chi connectivity index (χ1) is 5.20. The molecule has 0 amide bonds. The van der Waals surface area contributed by atoms with E-state index in [9.17, 15) is 9.59 Å². The number of ether oxygens (including phenoxy) is 2. The van der Waals surface area contributed by atoms with Crippen LogP contribution in [-0.2, 0) is 19.1 Å². The van der Waals surface area contributed by atoms with E-state index >= 15 is 0 Å². The van der Waals surface area contributed by atoms with Gasteiger partial charge in [0.05, 0.1) is 7.11 Å². The number of methoxy groups -OCH3 is 1. The lowest BCUT2D eigenvalue weighted by Gasteiger charge is -1.98. The van der Waals surface area contributed by atoms with Crippen LogP contribution in [0.2, 0.25) is 0 Å². The van der Waals surface area contributed by atoms with Crippen molar-refractivity contribution in [2.24, 2.45) is 0 Å². The molecule has 0 saturated carbocycles. The number of allylic oxidation sites excluding steroid dienone is 1. The van der Waals surface area contributed by atoms with E-state index in [1.54, 1.807) is 6.92 Å². The fourth-order valence-corrected chi connectivity index (χ4v) is 0.373. The van der Waals surface area contributed by atoms with Crippen molar-refractivity contribution in [2.75, 3.05) is 13.7 Å². The van der Waals surface area contributed by atoms with Gasteiger partial charge < -0.3 is 9.47 Å². The largest absolute Gasteiger partial charge is 0.466 e. The highest BCUT2D eigenvalue weighted by Gasteiger charge is 2.02. The molecule has 0 aliphatic heterocycles. The highest BCUT2D eigenvalue weighted by atomic mass is 16.6. The van der Waals surface area contributed by atoms with E-state index in [0.717, 1.165) is 0 Å². The molecule has 62 valence electrons. The molecule has 4 nitrogen and oxygen atoms in total. The van der Waals surface area contributed by atoms with E-state index < -0.39 is 11.9 Å². The van der Waals surface area contributed by atoms with Gasteiger partial charge in [-0.15, -0.1) is 0 Å². The molecule has 4 heteroatoms. The van der Waals surface area contributed by atoms with Crippen LogP contribution in [0.4, 0.5) is 0 Å². The molecule has 0 N–H and O–H groups in total. The molecule has 0 aromatic carbocycles. The van der Waals surface area contributed by atoms with Crippen molar-refractivity contribution >= 4 is 11.9 Å². The highest BCUT2D eigenvalue weighted by Crippen LogP contribution is 1.82. The second-order valence-electron chi connectivity index (χ2n) is 1.68. The molecule has 0 unspecified atom stereocenters. The van der Waals surface area contributed by atoms with Gasteiger partial charge in [-0.3, -0.25) is 0 Å². The van der Waals surface area contributed by atoms with Gasteiger partial charge in [0.15, 0.2) is 6.61 Å². The Morgan fingerprint density at radius 1 is 1.45 bits per heavy atom. The lowest BCUT2D eigenvalue weighted by Crippen LogP contribution is -2.13. The van der Waals surface area contributed by atoms with Crippen LogP contribution in [0.5, 0.6) is 0 Å². The molecule has 0 fully saturated rings. The van der Waals surface area contributed by atoms with Crippen molar-refractivity contribution in [3.8, 4) is 0 Å². The molecular formula is C7H10O4. The summed E-state index contributed by atoms with van der Waals surface area (Å²) in [6.07, 6.45) is 2.75. The molecule has 0 aromatic heterocycles. The van der Waals surface area contributed by atoms with Crippen LogP contribution in [0.3, 0.4) is 0 Å². The van der Waals surface area contributed by atoms with Crippen LogP contribution < -0.4 is 0 Å². The van der Waals surface area contributed by atoms with Crippen molar-refractivity contribution in [1.29, 1.82) is 0 Å². The van der Waals surface area contributed by atoms with Gasteiger partial charge in [0.1, 0.15) is 0 Å². The topological polar surface area (TPSA) is 52.6 Å². The van der Waals surface area contributed by atoms with E-state index in [4.69, 9.17) is 0 Å². The molecule has 0 atom stereocenters. The predicted molar refractivity (Wildman–Crippen MR) is 37.8 cm³/mol. The smallest absolute Gasteiger partial charge is 0.344 e. The van der Waals surface area contributed by atoms with Gasteiger partial charge in [-0.05, 0) is 6.92 Å². The molecule has 0 aliphatic rings. The number of esters is 2. The molecule has 0 bridgehead atoms. The fraction of sp³-hybridized carbons (Fsp3) is 0.429. The number of hydrogen-bond donors (Lipinski definition) is 0. The zero-order valence-corrected chi connectivity index (χ0v) is 6.49. The summed E-state index contributed by atoms with van der Waals surface area (Å²) in [6.45, 7) is 1.35. The third kappa shape index (κ3) is 5.14. The summed E-state index contributed by atoms with van der Waals surface area (Å²) in [7, 11) is 1.23. The SMILES string of the molecule is C/C=C/C(=O)OCC(=O)OC. The monoisotopic (exact) mass is 158 g/mol. The van der Waals surface area contributed by atoms with Crippen molar-refractivity contribution in [1.82, 2.24) is 0 Å². The Labute approximate surface area is 64.8 Å². The van der Waals surface area contributed by atoms with E-state index in [-0.39, 0.29) is 6.61 Å². The Balaban J connectivity index is 3.54. The normalized spacial score (nSPS) is 9.64. The standard InChI is InChI=1S/C7H10O4/c1-3-4-6(8)11-5-7(9)10-2/h3-4H,5H2,1-2H3/b4-3+. The first-order valence-corrected chi connectivity index (χ1v) is 3.07. The number of rotatable bonds is 3. The van der Waals surface area contributed by atoms with Crippen LogP contribution in [0.15, 0.2) is 12.2 Å². The highest BCUT2D eigenvalue weighted by molar-refractivity contribution is 5.84. The van der Waals surface area contributed by atoms with Gasteiger partial charge >= 0.3 is 11.9 Å². The van der Waals surface area contributed by atoms with Gasteiger partial charge in [0.2, 0.25) is 0 Å². The second-order valence-corrected chi connectivity index (χ2v) is 1.68. The zero-order chi connectivity index (χ0) is 8.69. The Hall–Kier alpha value is -1.32. The van der Waals surface area contributed by atoms with Crippen molar-refractivity contribution in [3.05, 3.63) is 12.2 Å². The van der Waals surface area contributed by atoms with Crippen LogP contribution in [0.25, 0.3) is 0 Å². The quantitative estimate of drug-likeness (QED) is 0.437. The maximum atomic E-state index is 10.5. The van der Waals surface area contributed by atoms with E-state index in [0.29, 0.717) is 0 Å². The molecule has 0 radical (unpaired) electrons. The van der Waals surface area contributed by atoms with Crippen LogP contribution in [0.1, 0.15) is 6.92 Å². The summed E-state index contributed by atoms with van der Waals surface area (Å²) in [5.74, 6) is -1.11. The molecule has 0 rings (SSSR count). The Kier molecular flexibility index (Phi) is 4.81. The molecule has 0 aliphatic carbocycles. The van der Waals surface area contributed by atoms with Gasteiger partial charge in [-0.1, -0.05) is 6.08 Å². The lowest BCUT2D eigenvalue weighted by atomic mass is 10.5.